The third kappa shape index (κ3) is 5.00. The van der Waals surface area contributed by atoms with Crippen molar-refractivity contribution < 1.29 is 9.53 Å². The number of hydrogen-bond acceptors (Lipinski definition) is 5. The normalized spacial score (nSPS) is 14.2. The number of morpholine rings is 1. The average molecular weight is 452 g/mol. The highest BCUT2D eigenvalue weighted by Gasteiger charge is 2.17. The summed E-state index contributed by atoms with van der Waals surface area (Å²) in [5.74, 6) is 0.544. The summed E-state index contributed by atoms with van der Waals surface area (Å²) in [6, 6.07) is 11.4. The van der Waals surface area contributed by atoms with Gasteiger partial charge in [0.1, 0.15) is 0 Å². The Hall–Kier alpha value is -3.16. The highest BCUT2D eigenvalue weighted by Crippen LogP contribution is 2.24. The lowest BCUT2D eigenvalue weighted by Crippen LogP contribution is -2.37. The largest absolute Gasteiger partial charge is 0.378 e. The summed E-state index contributed by atoms with van der Waals surface area (Å²) in [5.41, 5.74) is 4.44. The Bertz CT molecular complexity index is 1140. The molecule has 1 N–H and O–H groups in total. The van der Waals surface area contributed by atoms with Crippen molar-refractivity contribution in [3.05, 3.63) is 76.2 Å². The number of carbonyl (C=O) groups is 1. The van der Waals surface area contributed by atoms with Crippen LogP contribution < -0.4 is 10.2 Å². The van der Waals surface area contributed by atoms with Gasteiger partial charge in [0.15, 0.2) is 5.82 Å². The fourth-order valence-electron chi connectivity index (χ4n) is 3.75. The number of pyridine rings is 1. The Morgan fingerprint density at radius 2 is 1.97 bits per heavy atom. The van der Waals surface area contributed by atoms with Gasteiger partial charge < -0.3 is 15.0 Å². The molecule has 0 unspecified atom stereocenters. The third-order valence-corrected chi connectivity index (χ3v) is 5.84. The number of rotatable bonds is 6. The SMILES string of the molecule is Cc1nn(Cc2ccccc2Cl)c(C)c1/C=C/C(=O)Nc1cccnc1N1CCOCC1. The van der Waals surface area contributed by atoms with Crippen molar-refractivity contribution in [1.82, 2.24) is 14.8 Å². The van der Waals surface area contributed by atoms with E-state index in [1.54, 1.807) is 12.3 Å². The summed E-state index contributed by atoms with van der Waals surface area (Å²) < 4.78 is 7.32. The van der Waals surface area contributed by atoms with E-state index in [1.165, 1.54) is 6.08 Å². The number of anilines is 2. The van der Waals surface area contributed by atoms with Crippen LogP contribution >= 0.6 is 11.6 Å². The predicted molar refractivity (Wildman–Crippen MR) is 127 cm³/mol. The number of ether oxygens (including phenoxy) is 1. The zero-order chi connectivity index (χ0) is 22.5. The van der Waals surface area contributed by atoms with Crippen LogP contribution in [0.25, 0.3) is 6.08 Å². The lowest BCUT2D eigenvalue weighted by atomic mass is 10.1. The first kappa shape index (κ1) is 22.0. The number of nitrogens with one attached hydrogen (secondary N) is 1. The molecule has 0 atom stereocenters. The molecule has 166 valence electrons. The van der Waals surface area contributed by atoms with Crippen LogP contribution in [-0.4, -0.2) is 47.0 Å². The molecule has 1 aliphatic heterocycles. The summed E-state index contributed by atoms with van der Waals surface area (Å²) in [6.07, 6.45) is 5.07. The van der Waals surface area contributed by atoms with Gasteiger partial charge in [-0.15, -0.1) is 0 Å². The molecule has 1 saturated heterocycles. The Morgan fingerprint density at radius 3 is 2.75 bits per heavy atom. The number of aromatic nitrogens is 3. The molecule has 1 aliphatic rings. The Balaban J connectivity index is 1.48. The van der Waals surface area contributed by atoms with E-state index in [-0.39, 0.29) is 5.91 Å². The van der Waals surface area contributed by atoms with Gasteiger partial charge in [-0.1, -0.05) is 29.8 Å². The van der Waals surface area contributed by atoms with Gasteiger partial charge in [-0.25, -0.2) is 4.98 Å². The topological polar surface area (TPSA) is 72.3 Å². The molecule has 4 rings (SSSR count). The highest BCUT2D eigenvalue weighted by atomic mass is 35.5. The van der Waals surface area contributed by atoms with Crippen LogP contribution in [0.5, 0.6) is 0 Å². The molecular weight excluding hydrogens is 426 g/mol. The fourth-order valence-corrected chi connectivity index (χ4v) is 3.94. The molecule has 0 saturated carbocycles. The van der Waals surface area contributed by atoms with Crippen LogP contribution in [0, 0.1) is 13.8 Å². The van der Waals surface area contributed by atoms with Gasteiger partial charge in [0, 0.05) is 41.6 Å². The van der Waals surface area contributed by atoms with Crippen LogP contribution in [0.2, 0.25) is 5.02 Å². The number of aryl methyl sites for hydroxylation is 1. The molecular formula is C24H26ClN5O2. The first-order valence-corrected chi connectivity index (χ1v) is 10.9. The van der Waals surface area contributed by atoms with E-state index >= 15 is 0 Å². The van der Waals surface area contributed by atoms with Gasteiger partial charge in [-0.3, -0.25) is 9.48 Å². The maximum Gasteiger partial charge on any atom is 0.248 e. The summed E-state index contributed by atoms with van der Waals surface area (Å²) >= 11 is 6.30. The first-order chi connectivity index (χ1) is 15.5. The number of amides is 1. The van der Waals surface area contributed by atoms with Crippen LogP contribution in [0.1, 0.15) is 22.5 Å². The summed E-state index contributed by atoms with van der Waals surface area (Å²) in [4.78, 5) is 19.3. The molecule has 8 heteroatoms. The minimum Gasteiger partial charge on any atom is -0.378 e. The van der Waals surface area contributed by atoms with E-state index in [1.807, 2.05) is 54.9 Å². The molecule has 1 amide bonds. The molecule has 3 heterocycles. The molecule has 1 aromatic carbocycles. The molecule has 7 nitrogen and oxygen atoms in total. The van der Waals surface area contributed by atoms with Crippen LogP contribution in [-0.2, 0) is 16.1 Å². The van der Waals surface area contributed by atoms with Crippen molar-refractivity contribution >= 4 is 35.1 Å². The molecule has 0 bridgehead atoms. The highest BCUT2D eigenvalue weighted by molar-refractivity contribution is 6.31. The van der Waals surface area contributed by atoms with Gasteiger partial charge >= 0.3 is 0 Å². The van der Waals surface area contributed by atoms with Crippen molar-refractivity contribution in [2.45, 2.75) is 20.4 Å². The van der Waals surface area contributed by atoms with Gasteiger partial charge in [-0.05, 0) is 43.7 Å². The van der Waals surface area contributed by atoms with Gasteiger partial charge in [0.25, 0.3) is 0 Å². The molecule has 32 heavy (non-hydrogen) atoms. The number of hydrogen-bond donors (Lipinski definition) is 1. The fraction of sp³-hybridized carbons (Fsp3) is 0.292. The number of benzene rings is 1. The monoisotopic (exact) mass is 451 g/mol. The quantitative estimate of drug-likeness (QED) is 0.571. The number of halogens is 1. The second kappa shape index (κ2) is 9.97. The van der Waals surface area contributed by atoms with Crippen molar-refractivity contribution in [2.24, 2.45) is 0 Å². The van der Waals surface area contributed by atoms with Gasteiger partial charge in [0.05, 0.1) is 31.1 Å². The summed E-state index contributed by atoms with van der Waals surface area (Å²) in [6.45, 7) is 7.31. The Kier molecular flexibility index (Phi) is 6.87. The minimum atomic E-state index is -0.217. The minimum absolute atomic E-state index is 0.217. The second-order valence-corrected chi connectivity index (χ2v) is 8.04. The van der Waals surface area contributed by atoms with Crippen molar-refractivity contribution in [3.8, 4) is 0 Å². The Labute approximate surface area is 192 Å². The lowest BCUT2D eigenvalue weighted by molar-refractivity contribution is -0.111. The smallest absolute Gasteiger partial charge is 0.248 e. The predicted octanol–water partition coefficient (Wildman–Crippen LogP) is 4.09. The maximum absolute atomic E-state index is 12.7. The van der Waals surface area contributed by atoms with E-state index in [0.29, 0.717) is 30.5 Å². The second-order valence-electron chi connectivity index (χ2n) is 7.63. The van der Waals surface area contributed by atoms with E-state index in [2.05, 4.69) is 20.3 Å². The van der Waals surface area contributed by atoms with Gasteiger partial charge in [-0.2, -0.15) is 5.10 Å². The molecule has 0 radical (unpaired) electrons. The van der Waals surface area contributed by atoms with E-state index < -0.39 is 0 Å². The molecule has 2 aromatic heterocycles. The van der Waals surface area contributed by atoms with Crippen LogP contribution in [0.3, 0.4) is 0 Å². The molecule has 0 spiro atoms. The summed E-state index contributed by atoms with van der Waals surface area (Å²) in [5, 5.41) is 8.30. The standard InChI is InChI=1S/C24H26ClN5O2/c1-17-20(18(2)30(28-17)16-19-6-3-4-7-21(19)25)9-10-23(31)27-22-8-5-11-26-24(22)29-12-14-32-15-13-29/h3-11H,12-16H2,1-2H3,(H,27,31)/b10-9+. The lowest BCUT2D eigenvalue weighted by Gasteiger charge is -2.29. The van der Waals surface area contributed by atoms with Crippen LogP contribution in [0.4, 0.5) is 11.5 Å². The van der Waals surface area contributed by atoms with E-state index in [4.69, 9.17) is 16.3 Å². The zero-order valence-corrected chi connectivity index (χ0v) is 19.0. The Morgan fingerprint density at radius 1 is 1.19 bits per heavy atom. The molecule has 3 aromatic rings. The summed E-state index contributed by atoms with van der Waals surface area (Å²) in [7, 11) is 0. The van der Waals surface area contributed by atoms with Crippen molar-refractivity contribution in [2.75, 3.05) is 36.5 Å². The molecule has 1 fully saturated rings. The molecule has 0 aliphatic carbocycles. The maximum atomic E-state index is 12.7. The third-order valence-electron chi connectivity index (χ3n) is 5.47. The van der Waals surface area contributed by atoms with Crippen LogP contribution in [0.15, 0.2) is 48.7 Å². The van der Waals surface area contributed by atoms with Crippen molar-refractivity contribution in [1.29, 1.82) is 0 Å². The average Bonchev–Trinajstić information content (AvgIpc) is 3.07. The zero-order valence-electron chi connectivity index (χ0n) is 18.2. The number of carbonyl (C=O) groups excluding carboxylic acids is 1. The van der Waals surface area contributed by atoms with E-state index in [9.17, 15) is 4.79 Å². The van der Waals surface area contributed by atoms with Crippen molar-refractivity contribution in [3.63, 3.8) is 0 Å². The number of nitrogens with zero attached hydrogens (tertiary/aromatic N) is 4. The van der Waals surface area contributed by atoms with E-state index in [0.717, 1.165) is 41.4 Å². The van der Waals surface area contributed by atoms with Gasteiger partial charge in [0.2, 0.25) is 5.91 Å². The first-order valence-electron chi connectivity index (χ1n) is 10.6.